The van der Waals surface area contributed by atoms with Crippen molar-refractivity contribution in [2.45, 2.75) is 52.6 Å². The topological polar surface area (TPSA) is 29.5 Å². The summed E-state index contributed by atoms with van der Waals surface area (Å²) in [5.74, 6) is 0.938. The van der Waals surface area contributed by atoms with Crippen LogP contribution in [0.4, 0.5) is 0 Å². The number of benzene rings is 1. The molecule has 2 rings (SSSR count). The maximum Gasteiger partial charge on any atom is 0.263 e. The Morgan fingerprint density at radius 3 is 2.45 bits per heavy atom. The van der Waals surface area contributed by atoms with Gasteiger partial charge in [-0.1, -0.05) is 25.0 Å². The van der Waals surface area contributed by atoms with E-state index in [1.54, 1.807) is 0 Å². The van der Waals surface area contributed by atoms with Gasteiger partial charge in [0.2, 0.25) is 0 Å². The van der Waals surface area contributed by atoms with Crippen LogP contribution >= 0.6 is 0 Å². The average molecular weight is 275 g/mol. The lowest BCUT2D eigenvalue weighted by Crippen LogP contribution is -2.41. The van der Waals surface area contributed by atoms with Crippen LogP contribution in [-0.4, -0.2) is 30.0 Å². The van der Waals surface area contributed by atoms with Gasteiger partial charge in [0.05, 0.1) is 0 Å². The summed E-state index contributed by atoms with van der Waals surface area (Å²) < 4.78 is 5.89. The smallest absolute Gasteiger partial charge is 0.263 e. The first-order valence-corrected chi connectivity index (χ1v) is 7.60. The molecular weight excluding hydrogens is 250 g/mol. The highest BCUT2D eigenvalue weighted by Crippen LogP contribution is 2.21. The molecular formula is C17H25NO2. The summed E-state index contributed by atoms with van der Waals surface area (Å²) in [6, 6.07) is 6.10. The molecule has 3 heteroatoms. The van der Waals surface area contributed by atoms with Gasteiger partial charge >= 0.3 is 0 Å². The van der Waals surface area contributed by atoms with Gasteiger partial charge in [-0.25, -0.2) is 0 Å². The van der Waals surface area contributed by atoms with Crippen molar-refractivity contribution < 1.29 is 9.53 Å². The molecule has 0 saturated carbocycles. The van der Waals surface area contributed by atoms with E-state index in [9.17, 15) is 4.79 Å². The van der Waals surface area contributed by atoms with Gasteiger partial charge in [0.25, 0.3) is 5.91 Å². The van der Waals surface area contributed by atoms with E-state index in [1.807, 2.05) is 37.8 Å². The molecule has 1 aliphatic heterocycles. The first-order valence-electron chi connectivity index (χ1n) is 7.60. The monoisotopic (exact) mass is 275 g/mol. The number of hydrogen-bond acceptors (Lipinski definition) is 2. The van der Waals surface area contributed by atoms with Crippen LogP contribution in [0.1, 0.15) is 43.7 Å². The molecule has 0 spiro atoms. The molecule has 20 heavy (non-hydrogen) atoms. The van der Waals surface area contributed by atoms with Crippen molar-refractivity contribution in [2.24, 2.45) is 0 Å². The number of nitrogens with zero attached hydrogens (tertiary/aromatic N) is 1. The van der Waals surface area contributed by atoms with Crippen LogP contribution in [0.3, 0.4) is 0 Å². The van der Waals surface area contributed by atoms with Crippen LogP contribution in [0.15, 0.2) is 18.2 Å². The summed E-state index contributed by atoms with van der Waals surface area (Å²) in [7, 11) is 0. The Labute approximate surface area is 121 Å². The van der Waals surface area contributed by atoms with Crippen LogP contribution in [0.2, 0.25) is 0 Å². The zero-order valence-electron chi connectivity index (χ0n) is 12.8. The molecule has 1 atom stereocenters. The summed E-state index contributed by atoms with van der Waals surface area (Å²) >= 11 is 0. The van der Waals surface area contributed by atoms with Crippen LogP contribution < -0.4 is 4.74 Å². The van der Waals surface area contributed by atoms with E-state index in [4.69, 9.17) is 4.74 Å². The van der Waals surface area contributed by atoms with Crippen molar-refractivity contribution in [1.82, 2.24) is 4.90 Å². The van der Waals surface area contributed by atoms with Gasteiger partial charge in [0.1, 0.15) is 5.75 Å². The number of carbonyl (C=O) groups is 1. The van der Waals surface area contributed by atoms with Crippen molar-refractivity contribution in [1.29, 1.82) is 0 Å². The van der Waals surface area contributed by atoms with Crippen LogP contribution in [-0.2, 0) is 4.79 Å². The van der Waals surface area contributed by atoms with E-state index in [0.717, 1.165) is 42.8 Å². The van der Waals surface area contributed by atoms with Gasteiger partial charge in [-0.15, -0.1) is 0 Å². The molecule has 0 aliphatic carbocycles. The van der Waals surface area contributed by atoms with Gasteiger partial charge < -0.3 is 9.64 Å². The van der Waals surface area contributed by atoms with Gasteiger partial charge in [-0.2, -0.15) is 0 Å². The minimum absolute atomic E-state index is 0.118. The number of likely N-dealkylation sites (tertiary alicyclic amines) is 1. The second kappa shape index (κ2) is 6.78. The molecule has 0 radical (unpaired) electrons. The van der Waals surface area contributed by atoms with E-state index in [-0.39, 0.29) is 5.91 Å². The third-order valence-corrected chi connectivity index (χ3v) is 3.91. The molecule has 1 unspecified atom stereocenters. The van der Waals surface area contributed by atoms with E-state index < -0.39 is 6.10 Å². The molecule has 110 valence electrons. The predicted octanol–water partition coefficient (Wildman–Crippen LogP) is 3.47. The summed E-state index contributed by atoms with van der Waals surface area (Å²) in [5.41, 5.74) is 2.23. The van der Waals surface area contributed by atoms with E-state index in [0.29, 0.717) is 0 Å². The number of carbonyl (C=O) groups excluding carboxylic acids is 1. The quantitative estimate of drug-likeness (QED) is 0.845. The molecule has 1 amide bonds. The van der Waals surface area contributed by atoms with E-state index in [2.05, 4.69) is 6.07 Å². The SMILES string of the molecule is Cc1ccc(C)c(OC(C)C(=O)N2CCCCCC2)c1. The summed E-state index contributed by atoms with van der Waals surface area (Å²) in [4.78, 5) is 14.4. The number of aryl methyl sites for hydroxylation is 2. The molecule has 0 N–H and O–H groups in total. The molecule has 1 aromatic carbocycles. The lowest BCUT2D eigenvalue weighted by atomic mass is 10.1. The molecule has 1 aromatic rings. The van der Waals surface area contributed by atoms with Gasteiger partial charge in [0, 0.05) is 13.1 Å². The normalized spacial score (nSPS) is 17.4. The van der Waals surface area contributed by atoms with Crippen molar-refractivity contribution in [2.75, 3.05) is 13.1 Å². The first-order chi connectivity index (χ1) is 9.58. The molecule has 1 heterocycles. The Hall–Kier alpha value is -1.51. The fourth-order valence-electron chi connectivity index (χ4n) is 2.62. The van der Waals surface area contributed by atoms with E-state index in [1.165, 1.54) is 12.8 Å². The van der Waals surface area contributed by atoms with Crippen LogP contribution in [0.25, 0.3) is 0 Å². The maximum atomic E-state index is 12.5. The Kier molecular flexibility index (Phi) is 5.05. The molecule has 0 aromatic heterocycles. The van der Waals surface area contributed by atoms with Gasteiger partial charge in [-0.3, -0.25) is 4.79 Å². The number of amides is 1. The number of ether oxygens (including phenoxy) is 1. The molecule has 1 saturated heterocycles. The summed E-state index contributed by atoms with van der Waals surface area (Å²) in [5, 5.41) is 0. The number of rotatable bonds is 3. The highest BCUT2D eigenvalue weighted by molar-refractivity contribution is 5.81. The number of hydrogen-bond donors (Lipinski definition) is 0. The van der Waals surface area contributed by atoms with Gasteiger partial charge in [-0.05, 0) is 50.8 Å². The molecule has 1 fully saturated rings. The second-order valence-electron chi connectivity index (χ2n) is 5.77. The fraction of sp³-hybridized carbons (Fsp3) is 0.588. The van der Waals surface area contributed by atoms with Crippen LogP contribution in [0, 0.1) is 13.8 Å². The predicted molar refractivity (Wildman–Crippen MR) is 81.1 cm³/mol. The van der Waals surface area contributed by atoms with Gasteiger partial charge in [0.15, 0.2) is 6.10 Å². The van der Waals surface area contributed by atoms with Crippen molar-refractivity contribution >= 4 is 5.91 Å². The lowest BCUT2D eigenvalue weighted by molar-refractivity contribution is -0.137. The third kappa shape index (κ3) is 3.75. The molecule has 3 nitrogen and oxygen atoms in total. The minimum atomic E-state index is -0.409. The zero-order chi connectivity index (χ0) is 14.5. The highest BCUT2D eigenvalue weighted by Gasteiger charge is 2.23. The Morgan fingerprint density at radius 1 is 1.15 bits per heavy atom. The lowest BCUT2D eigenvalue weighted by Gasteiger charge is -2.25. The average Bonchev–Trinajstić information content (AvgIpc) is 2.71. The maximum absolute atomic E-state index is 12.5. The van der Waals surface area contributed by atoms with Crippen molar-refractivity contribution in [3.63, 3.8) is 0 Å². The Balaban J connectivity index is 2.01. The Morgan fingerprint density at radius 2 is 1.80 bits per heavy atom. The first kappa shape index (κ1) is 14.9. The van der Waals surface area contributed by atoms with Crippen LogP contribution in [0.5, 0.6) is 5.75 Å². The Bertz CT molecular complexity index is 462. The minimum Gasteiger partial charge on any atom is -0.481 e. The highest BCUT2D eigenvalue weighted by atomic mass is 16.5. The van der Waals surface area contributed by atoms with Crippen molar-refractivity contribution in [3.05, 3.63) is 29.3 Å². The van der Waals surface area contributed by atoms with E-state index >= 15 is 0 Å². The standard InChI is InChI=1S/C17H25NO2/c1-13-8-9-14(2)16(12-13)20-15(3)17(19)18-10-6-4-5-7-11-18/h8-9,12,15H,4-7,10-11H2,1-3H3. The third-order valence-electron chi connectivity index (χ3n) is 3.91. The molecule has 1 aliphatic rings. The summed E-state index contributed by atoms with van der Waals surface area (Å²) in [6.45, 7) is 7.65. The zero-order valence-corrected chi connectivity index (χ0v) is 12.8. The molecule has 0 bridgehead atoms. The largest absolute Gasteiger partial charge is 0.481 e. The van der Waals surface area contributed by atoms with Crippen molar-refractivity contribution in [3.8, 4) is 5.75 Å². The second-order valence-corrected chi connectivity index (χ2v) is 5.77. The fourth-order valence-corrected chi connectivity index (χ4v) is 2.62. The summed E-state index contributed by atoms with van der Waals surface area (Å²) in [6.07, 6.45) is 4.28.